The molecule has 0 radical (unpaired) electrons. The molecule has 6 rings (SSSR count). The van der Waals surface area contributed by atoms with Crippen molar-refractivity contribution in [3.63, 3.8) is 0 Å². The molecule has 0 bridgehead atoms. The van der Waals surface area contributed by atoms with E-state index in [0.717, 1.165) is 38.8 Å². The maximum Gasteiger partial charge on any atom is 0.229 e. The molecule has 0 aliphatic rings. The SMILES string of the molecule is Cc1ccc(-c2cccc3[nH]c(-c4[nH]nc5ncc(-c6cncc(NC(=O)C(C)(C)C)c6)cc45)nc23)s1. The number of rotatable bonds is 4. The van der Waals surface area contributed by atoms with Crippen LogP contribution in [0.5, 0.6) is 0 Å². The number of hydrogen-bond acceptors (Lipinski definition) is 6. The molecule has 0 aliphatic heterocycles. The maximum absolute atomic E-state index is 12.4. The van der Waals surface area contributed by atoms with Crippen LogP contribution in [0.25, 0.3) is 55.2 Å². The molecule has 0 spiro atoms. The standard InChI is InChI=1S/C28H25N7OS/c1-15-8-9-22(37-15)19-6-5-7-21-23(19)33-26(32-21)24-20-11-17(13-30-25(20)35-34-24)16-10-18(14-29-12-16)31-27(36)28(2,3)4/h5-14H,1-4H3,(H,31,36)(H,32,33)(H,30,34,35). The van der Waals surface area contributed by atoms with Gasteiger partial charge in [0.05, 0.1) is 28.3 Å². The smallest absolute Gasteiger partial charge is 0.229 e. The Morgan fingerprint density at radius 3 is 2.65 bits per heavy atom. The lowest BCUT2D eigenvalue weighted by molar-refractivity contribution is -0.123. The molecule has 6 aromatic rings. The molecule has 0 unspecified atom stereocenters. The number of benzene rings is 1. The summed E-state index contributed by atoms with van der Waals surface area (Å²) in [7, 11) is 0. The van der Waals surface area contributed by atoms with Crippen LogP contribution < -0.4 is 5.32 Å². The van der Waals surface area contributed by atoms with E-state index in [2.05, 4.69) is 55.6 Å². The van der Waals surface area contributed by atoms with E-state index in [1.165, 1.54) is 9.75 Å². The number of amides is 1. The Kier molecular flexibility index (Phi) is 5.38. The van der Waals surface area contributed by atoms with Crippen molar-refractivity contribution in [2.45, 2.75) is 27.7 Å². The monoisotopic (exact) mass is 507 g/mol. The predicted molar refractivity (Wildman–Crippen MR) is 148 cm³/mol. The van der Waals surface area contributed by atoms with Crippen molar-refractivity contribution in [1.82, 2.24) is 30.1 Å². The molecule has 184 valence electrons. The summed E-state index contributed by atoms with van der Waals surface area (Å²) in [4.78, 5) is 32.2. The highest BCUT2D eigenvalue weighted by atomic mass is 32.1. The minimum Gasteiger partial charge on any atom is -0.337 e. The van der Waals surface area contributed by atoms with Gasteiger partial charge in [-0.05, 0) is 37.3 Å². The van der Waals surface area contributed by atoms with E-state index >= 15 is 0 Å². The van der Waals surface area contributed by atoms with E-state index < -0.39 is 5.41 Å². The van der Waals surface area contributed by atoms with E-state index in [1.807, 2.05) is 45.0 Å². The Morgan fingerprint density at radius 1 is 1.03 bits per heavy atom. The Morgan fingerprint density at radius 2 is 1.86 bits per heavy atom. The lowest BCUT2D eigenvalue weighted by Crippen LogP contribution is -2.27. The van der Waals surface area contributed by atoms with Crippen LogP contribution in [-0.2, 0) is 4.79 Å². The highest BCUT2D eigenvalue weighted by Gasteiger charge is 2.21. The quantitative estimate of drug-likeness (QED) is 0.249. The lowest BCUT2D eigenvalue weighted by atomic mass is 9.95. The molecule has 0 fully saturated rings. The average molecular weight is 508 g/mol. The summed E-state index contributed by atoms with van der Waals surface area (Å²) in [6.07, 6.45) is 5.16. The van der Waals surface area contributed by atoms with Gasteiger partial charge in [-0.15, -0.1) is 11.3 Å². The van der Waals surface area contributed by atoms with Gasteiger partial charge in [0.1, 0.15) is 5.69 Å². The summed E-state index contributed by atoms with van der Waals surface area (Å²) in [5.41, 5.74) is 6.16. The lowest BCUT2D eigenvalue weighted by Gasteiger charge is -2.17. The topological polar surface area (TPSA) is 112 Å². The van der Waals surface area contributed by atoms with Crippen molar-refractivity contribution >= 4 is 45.0 Å². The van der Waals surface area contributed by atoms with Gasteiger partial charge in [0.15, 0.2) is 11.5 Å². The Hall–Kier alpha value is -4.37. The zero-order valence-corrected chi connectivity index (χ0v) is 21.7. The molecule has 0 aliphatic carbocycles. The number of nitrogens with zero attached hydrogens (tertiary/aromatic N) is 4. The summed E-state index contributed by atoms with van der Waals surface area (Å²) in [6, 6.07) is 14.3. The fraction of sp³-hybridized carbons (Fsp3) is 0.179. The molecule has 0 saturated carbocycles. The highest BCUT2D eigenvalue weighted by molar-refractivity contribution is 7.15. The molecule has 37 heavy (non-hydrogen) atoms. The van der Waals surface area contributed by atoms with Crippen molar-refractivity contribution in [1.29, 1.82) is 0 Å². The van der Waals surface area contributed by atoms with Gasteiger partial charge in [-0.1, -0.05) is 32.9 Å². The van der Waals surface area contributed by atoms with Gasteiger partial charge in [0, 0.05) is 44.3 Å². The number of nitrogens with one attached hydrogen (secondary N) is 3. The van der Waals surface area contributed by atoms with Crippen LogP contribution in [0.4, 0.5) is 5.69 Å². The largest absolute Gasteiger partial charge is 0.337 e. The van der Waals surface area contributed by atoms with E-state index in [1.54, 1.807) is 29.9 Å². The third-order valence-corrected chi connectivity index (χ3v) is 7.21. The molecule has 3 N–H and O–H groups in total. The number of fused-ring (bicyclic) bond motifs is 2. The summed E-state index contributed by atoms with van der Waals surface area (Å²) >= 11 is 1.75. The molecule has 1 amide bonds. The number of aromatic nitrogens is 6. The predicted octanol–water partition coefficient (Wildman–Crippen LogP) is 6.58. The normalized spacial score (nSPS) is 11.9. The van der Waals surface area contributed by atoms with Crippen LogP contribution >= 0.6 is 11.3 Å². The van der Waals surface area contributed by atoms with Gasteiger partial charge in [-0.25, -0.2) is 9.97 Å². The number of pyridine rings is 2. The second-order valence-corrected chi connectivity index (χ2v) is 11.3. The Balaban J connectivity index is 1.40. The number of hydrogen-bond donors (Lipinski definition) is 3. The maximum atomic E-state index is 12.4. The molecular formula is C28H25N7OS. The average Bonchev–Trinajstić information content (AvgIpc) is 3.60. The van der Waals surface area contributed by atoms with Crippen LogP contribution in [0, 0.1) is 12.3 Å². The van der Waals surface area contributed by atoms with Crippen molar-refractivity contribution in [3.8, 4) is 33.1 Å². The molecule has 1 aromatic carbocycles. The van der Waals surface area contributed by atoms with Crippen molar-refractivity contribution < 1.29 is 4.79 Å². The summed E-state index contributed by atoms with van der Waals surface area (Å²) < 4.78 is 0. The molecule has 5 aromatic heterocycles. The number of carbonyl (C=O) groups excluding carboxylic acids is 1. The van der Waals surface area contributed by atoms with Crippen LogP contribution in [-0.4, -0.2) is 36.0 Å². The second-order valence-electron chi connectivity index (χ2n) is 10.1. The molecule has 0 atom stereocenters. The molecule has 9 heteroatoms. The van der Waals surface area contributed by atoms with Crippen LogP contribution in [0.15, 0.2) is 61.1 Å². The van der Waals surface area contributed by atoms with E-state index in [0.29, 0.717) is 17.2 Å². The Bertz CT molecular complexity index is 1790. The summed E-state index contributed by atoms with van der Waals surface area (Å²) in [5, 5.41) is 11.3. The number of anilines is 1. The first kappa shape index (κ1) is 23.1. The Labute approximate surface area is 217 Å². The van der Waals surface area contributed by atoms with Gasteiger partial charge in [0.2, 0.25) is 5.91 Å². The van der Waals surface area contributed by atoms with E-state index in [-0.39, 0.29) is 5.91 Å². The first-order chi connectivity index (χ1) is 17.8. The van der Waals surface area contributed by atoms with E-state index in [4.69, 9.17) is 4.98 Å². The van der Waals surface area contributed by atoms with Gasteiger partial charge in [-0.2, -0.15) is 5.10 Å². The molecule has 0 saturated heterocycles. The zero-order chi connectivity index (χ0) is 25.7. The number of aromatic amines is 2. The number of H-pyrrole nitrogens is 2. The summed E-state index contributed by atoms with van der Waals surface area (Å²) in [6.45, 7) is 7.73. The molecule has 8 nitrogen and oxygen atoms in total. The van der Waals surface area contributed by atoms with Crippen molar-refractivity contribution in [2.75, 3.05) is 5.32 Å². The molecule has 5 heterocycles. The fourth-order valence-corrected chi connectivity index (χ4v) is 5.05. The van der Waals surface area contributed by atoms with Gasteiger partial charge in [0.25, 0.3) is 0 Å². The van der Waals surface area contributed by atoms with Crippen LogP contribution in [0.3, 0.4) is 0 Å². The highest BCUT2D eigenvalue weighted by Crippen LogP contribution is 2.35. The van der Waals surface area contributed by atoms with Crippen LogP contribution in [0.1, 0.15) is 25.6 Å². The number of para-hydroxylation sites is 1. The fourth-order valence-electron chi connectivity index (χ4n) is 4.15. The first-order valence-electron chi connectivity index (χ1n) is 11.9. The number of aryl methyl sites for hydroxylation is 1. The minimum absolute atomic E-state index is 0.0703. The van der Waals surface area contributed by atoms with Crippen LogP contribution in [0.2, 0.25) is 0 Å². The van der Waals surface area contributed by atoms with Gasteiger partial charge in [-0.3, -0.25) is 14.9 Å². The van der Waals surface area contributed by atoms with Gasteiger partial charge >= 0.3 is 0 Å². The number of imidazole rings is 1. The van der Waals surface area contributed by atoms with Gasteiger partial charge < -0.3 is 10.3 Å². The van der Waals surface area contributed by atoms with E-state index in [9.17, 15) is 4.79 Å². The summed E-state index contributed by atoms with van der Waals surface area (Å²) in [5.74, 6) is 0.626. The van der Waals surface area contributed by atoms with Crippen molar-refractivity contribution in [2.24, 2.45) is 5.41 Å². The molecular weight excluding hydrogens is 482 g/mol. The minimum atomic E-state index is -0.503. The van der Waals surface area contributed by atoms with Crippen molar-refractivity contribution in [3.05, 3.63) is 65.9 Å². The number of thiophene rings is 1. The third-order valence-electron chi connectivity index (χ3n) is 6.18. The second kappa shape index (κ2) is 8.63. The number of carbonyl (C=O) groups is 1. The zero-order valence-electron chi connectivity index (χ0n) is 20.9. The third kappa shape index (κ3) is 4.27. The first-order valence-corrected chi connectivity index (χ1v) is 12.7.